The molecule has 2 saturated heterocycles. The van der Waals surface area contributed by atoms with Gasteiger partial charge in [0.1, 0.15) is 43.2 Å². The van der Waals surface area contributed by atoms with Gasteiger partial charge in [0, 0.05) is 0 Å². The lowest BCUT2D eigenvalue weighted by Gasteiger charge is -2.43. The molecule has 0 unspecified atom stereocenters. The predicted molar refractivity (Wildman–Crippen MR) is 107 cm³/mol. The van der Waals surface area contributed by atoms with Gasteiger partial charge in [0.15, 0.2) is 24.2 Å². The molecule has 2 aromatic rings. The molecule has 0 radical (unpaired) electrons. The highest BCUT2D eigenvalue weighted by molar-refractivity contribution is 5.82. The molecule has 170 valence electrons. The van der Waals surface area contributed by atoms with Gasteiger partial charge in [-0.2, -0.15) is 0 Å². The summed E-state index contributed by atoms with van der Waals surface area (Å²) in [5.74, 6) is 0.0201. The molecular formula is C18H28N7O6+. The zero-order chi connectivity index (χ0) is 22.0. The Bertz CT molecular complexity index is 902. The summed E-state index contributed by atoms with van der Waals surface area (Å²) in [6.07, 6.45) is -2.02. The van der Waals surface area contributed by atoms with Crippen LogP contribution in [-0.4, -0.2) is 123 Å². The van der Waals surface area contributed by atoms with Crippen LogP contribution >= 0.6 is 0 Å². The van der Waals surface area contributed by atoms with Crippen molar-refractivity contribution in [2.24, 2.45) is 0 Å². The van der Waals surface area contributed by atoms with E-state index in [1.54, 1.807) is 0 Å². The topological polar surface area (TPSA) is 175 Å². The number of aromatic amines is 1. The number of aliphatic hydroxyl groups is 3. The smallest absolute Gasteiger partial charge is 0.275 e. The Morgan fingerprint density at radius 2 is 2.03 bits per heavy atom. The second-order valence-electron chi connectivity index (χ2n) is 8.16. The average molecular weight is 438 g/mol. The summed E-state index contributed by atoms with van der Waals surface area (Å²) in [5.41, 5.74) is 0.929. The summed E-state index contributed by atoms with van der Waals surface area (Å²) < 4.78 is 11.6. The van der Waals surface area contributed by atoms with Crippen LogP contribution in [0.2, 0.25) is 0 Å². The van der Waals surface area contributed by atoms with Crippen LogP contribution in [0.25, 0.3) is 11.2 Å². The van der Waals surface area contributed by atoms with E-state index >= 15 is 0 Å². The second kappa shape index (κ2) is 8.98. The van der Waals surface area contributed by atoms with E-state index in [1.807, 2.05) is 7.05 Å². The summed E-state index contributed by atoms with van der Waals surface area (Å²) in [7, 11) is 1.96. The van der Waals surface area contributed by atoms with Crippen molar-refractivity contribution in [3.05, 3.63) is 12.7 Å². The summed E-state index contributed by atoms with van der Waals surface area (Å²) >= 11 is 0. The fourth-order valence-electron chi connectivity index (χ4n) is 3.95. The van der Waals surface area contributed by atoms with E-state index in [0.29, 0.717) is 47.8 Å². The minimum atomic E-state index is -1.39. The van der Waals surface area contributed by atoms with Gasteiger partial charge in [0.05, 0.1) is 39.2 Å². The standard InChI is InChI=1S/C18H27N7O6/c1-25(2-4-30-5-3-25)6-11(27)23-12-10(7-26)31-18(15(29)14(12)28)24-17-13-16(20-8-19-13)21-9-22-17/h8-10,12,14-15,18,26,28-29H,2-7H2,1H3,(H2-,19,20,21,22,23,24,27)/p+1/t10-,12-,14+,15-,18-/m0/s1. The number of hydrogen-bond acceptors (Lipinski definition) is 10. The highest BCUT2D eigenvalue weighted by Gasteiger charge is 2.46. The maximum absolute atomic E-state index is 12.6. The number of morpholine rings is 1. The first-order valence-electron chi connectivity index (χ1n) is 10.1. The molecule has 0 bridgehead atoms. The van der Waals surface area contributed by atoms with Crippen LogP contribution in [0, 0.1) is 0 Å². The van der Waals surface area contributed by atoms with Gasteiger partial charge in [-0.1, -0.05) is 0 Å². The zero-order valence-corrected chi connectivity index (χ0v) is 17.1. The third-order valence-electron chi connectivity index (χ3n) is 5.84. The molecular weight excluding hydrogens is 410 g/mol. The van der Waals surface area contributed by atoms with Gasteiger partial charge in [-0.3, -0.25) is 4.79 Å². The van der Waals surface area contributed by atoms with Crippen molar-refractivity contribution >= 4 is 22.9 Å². The Balaban J connectivity index is 1.43. The third-order valence-corrected chi connectivity index (χ3v) is 5.84. The molecule has 4 rings (SSSR count). The normalized spacial score (nSPS) is 30.8. The van der Waals surface area contributed by atoms with Gasteiger partial charge in [-0.25, -0.2) is 15.0 Å². The van der Waals surface area contributed by atoms with Crippen molar-refractivity contribution < 1.29 is 34.1 Å². The molecule has 4 heterocycles. The molecule has 6 N–H and O–H groups in total. The highest BCUT2D eigenvalue weighted by Crippen LogP contribution is 2.24. The molecule has 2 fully saturated rings. The maximum atomic E-state index is 12.6. The number of rotatable bonds is 6. The van der Waals surface area contributed by atoms with Crippen LogP contribution in [0.5, 0.6) is 0 Å². The van der Waals surface area contributed by atoms with Gasteiger partial charge in [-0.15, -0.1) is 0 Å². The Morgan fingerprint density at radius 1 is 1.26 bits per heavy atom. The first kappa shape index (κ1) is 21.8. The number of imidazole rings is 1. The average Bonchev–Trinajstić information content (AvgIpc) is 3.23. The van der Waals surface area contributed by atoms with Crippen molar-refractivity contribution in [1.82, 2.24) is 25.3 Å². The summed E-state index contributed by atoms with van der Waals surface area (Å²) in [6.45, 7) is 2.30. The molecule has 13 heteroatoms. The van der Waals surface area contributed by atoms with Crippen molar-refractivity contribution in [3.8, 4) is 0 Å². The number of amides is 1. The molecule has 13 nitrogen and oxygen atoms in total. The van der Waals surface area contributed by atoms with Crippen molar-refractivity contribution in [3.63, 3.8) is 0 Å². The van der Waals surface area contributed by atoms with Gasteiger partial charge in [-0.05, 0) is 0 Å². The van der Waals surface area contributed by atoms with E-state index in [2.05, 4.69) is 30.6 Å². The summed E-state index contributed by atoms with van der Waals surface area (Å²) in [4.78, 5) is 27.7. The van der Waals surface area contributed by atoms with Gasteiger partial charge < -0.3 is 44.9 Å². The quantitative estimate of drug-likeness (QED) is 0.258. The molecule has 31 heavy (non-hydrogen) atoms. The van der Waals surface area contributed by atoms with E-state index in [9.17, 15) is 20.1 Å². The number of carbonyl (C=O) groups excluding carboxylic acids is 1. The molecule has 0 saturated carbocycles. The lowest BCUT2D eigenvalue weighted by Crippen LogP contribution is -2.67. The van der Waals surface area contributed by atoms with Crippen molar-refractivity contribution in [2.75, 3.05) is 51.8 Å². The number of ether oxygens (including phenoxy) is 2. The number of H-pyrrole nitrogens is 1. The van der Waals surface area contributed by atoms with Crippen LogP contribution in [0.15, 0.2) is 12.7 Å². The van der Waals surface area contributed by atoms with Crippen LogP contribution in [0.4, 0.5) is 5.82 Å². The molecule has 0 aliphatic carbocycles. The van der Waals surface area contributed by atoms with Crippen LogP contribution in [0.3, 0.4) is 0 Å². The van der Waals surface area contributed by atoms with Crippen LogP contribution in [0.1, 0.15) is 0 Å². The first-order valence-corrected chi connectivity index (χ1v) is 10.1. The van der Waals surface area contributed by atoms with E-state index < -0.39 is 37.2 Å². The number of anilines is 1. The zero-order valence-electron chi connectivity index (χ0n) is 17.1. The van der Waals surface area contributed by atoms with Crippen LogP contribution in [-0.2, 0) is 14.3 Å². The molecule has 0 aromatic carbocycles. The Kier molecular flexibility index (Phi) is 6.31. The van der Waals surface area contributed by atoms with E-state index in [4.69, 9.17) is 9.47 Å². The van der Waals surface area contributed by atoms with E-state index in [-0.39, 0.29) is 12.5 Å². The second-order valence-corrected chi connectivity index (χ2v) is 8.16. The Hall–Kier alpha value is -2.42. The molecule has 5 atom stereocenters. The minimum absolute atomic E-state index is 0.196. The number of nitrogens with one attached hydrogen (secondary N) is 3. The lowest BCUT2D eigenvalue weighted by molar-refractivity contribution is -0.909. The molecule has 0 spiro atoms. The van der Waals surface area contributed by atoms with Gasteiger partial charge in [0.25, 0.3) is 5.91 Å². The highest BCUT2D eigenvalue weighted by atomic mass is 16.5. The van der Waals surface area contributed by atoms with Gasteiger partial charge in [0.2, 0.25) is 0 Å². The SMILES string of the molecule is C[N+]1(CC(=O)N[C@@H]2[C@@H](O)[C@H](O)[C@@H](Nc3ncnc4nc[nH]c34)O[C@H]2CO)CCOCC1. The number of likely N-dealkylation sites (N-methyl/N-ethyl adjacent to an activating group) is 1. The number of aliphatic hydroxyl groups excluding tert-OH is 3. The molecule has 2 aliphatic rings. The number of carbonyl (C=O) groups is 1. The lowest BCUT2D eigenvalue weighted by atomic mass is 9.95. The molecule has 2 aromatic heterocycles. The van der Waals surface area contributed by atoms with E-state index in [1.165, 1.54) is 12.7 Å². The molecule has 1 amide bonds. The predicted octanol–water partition coefficient (Wildman–Crippen LogP) is -2.83. The maximum Gasteiger partial charge on any atom is 0.275 e. The number of quaternary nitrogens is 1. The number of hydrogen-bond donors (Lipinski definition) is 6. The van der Waals surface area contributed by atoms with Crippen molar-refractivity contribution in [1.29, 1.82) is 0 Å². The summed E-state index contributed by atoms with van der Waals surface area (Å²) in [5, 5.41) is 36.8. The monoisotopic (exact) mass is 438 g/mol. The van der Waals surface area contributed by atoms with Gasteiger partial charge >= 0.3 is 0 Å². The fourth-order valence-corrected chi connectivity index (χ4v) is 3.95. The number of nitrogens with zero attached hydrogens (tertiary/aromatic N) is 4. The Morgan fingerprint density at radius 3 is 2.77 bits per heavy atom. The third kappa shape index (κ3) is 4.61. The number of aromatic nitrogens is 4. The largest absolute Gasteiger partial charge is 0.394 e. The fraction of sp³-hybridized carbons (Fsp3) is 0.667. The number of fused-ring (bicyclic) bond motifs is 1. The van der Waals surface area contributed by atoms with Crippen molar-refractivity contribution in [2.45, 2.75) is 30.6 Å². The Labute approximate surface area is 178 Å². The first-order chi connectivity index (χ1) is 14.9. The van der Waals surface area contributed by atoms with E-state index in [0.717, 1.165) is 0 Å². The van der Waals surface area contributed by atoms with Crippen LogP contribution < -0.4 is 10.6 Å². The minimum Gasteiger partial charge on any atom is -0.394 e. The molecule has 2 aliphatic heterocycles. The summed E-state index contributed by atoms with van der Waals surface area (Å²) in [6, 6.07) is -0.976.